The first-order chi connectivity index (χ1) is 12.0. The summed E-state index contributed by atoms with van der Waals surface area (Å²) in [7, 11) is 1.75. The van der Waals surface area contributed by atoms with Gasteiger partial charge < -0.3 is 16.0 Å². The van der Waals surface area contributed by atoms with Gasteiger partial charge in [-0.25, -0.2) is 4.79 Å². The van der Waals surface area contributed by atoms with Gasteiger partial charge in [-0.15, -0.1) is 0 Å². The van der Waals surface area contributed by atoms with Crippen molar-refractivity contribution in [2.24, 2.45) is 7.05 Å². The highest BCUT2D eigenvalue weighted by molar-refractivity contribution is 5.95. The molecule has 130 valence electrons. The molecule has 8 heteroatoms. The number of aromatic nitrogens is 2. The van der Waals surface area contributed by atoms with Gasteiger partial charge in [-0.05, 0) is 24.6 Å². The van der Waals surface area contributed by atoms with Crippen LogP contribution < -0.4 is 16.0 Å². The molecule has 0 aliphatic carbocycles. The lowest BCUT2D eigenvalue weighted by molar-refractivity contribution is 0.0953. The number of nitriles is 1. The Labute approximate surface area is 145 Å². The molecule has 25 heavy (non-hydrogen) atoms. The summed E-state index contributed by atoms with van der Waals surface area (Å²) in [4.78, 5) is 23.7. The predicted octanol–water partition coefficient (Wildman–Crippen LogP) is 0.829. The van der Waals surface area contributed by atoms with Crippen LogP contribution in [0, 0.1) is 18.3 Å². The molecule has 0 bridgehead atoms. The summed E-state index contributed by atoms with van der Waals surface area (Å²) in [5, 5.41) is 20.9. The van der Waals surface area contributed by atoms with E-state index in [-0.39, 0.29) is 11.9 Å². The lowest BCUT2D eigenvalue weighted by atomic mass is 10.1. The lowest BCUT2D eigenvalue weighted by Gasteiger charge is -2.08. The third kappa shape index (κ3) is 5.35. The van der Waals surface area contributed by atoms with Crippen LogP contribution in [0.1, 0.15) is 27.2 Å². The van der Waals surface area contributed by atoms with Gasteiger partial charge in [0.05, 0.1) is 22.9 Å². The number of urea groups is 1. The summed E-state index contributed by atoms with van der Waals surface area (Å²) in [6, 6.07) is 8.69. The Bertz CT molecular complexity index is 788. The van der Waals surface area contributed by atoms with Crippen LogP contribution in [-0.4, -0.2) is 34.8 Å². The molecule has 0 radical (unpaired) electrons. The number of hydrogen-bond acceptors (Lipinski definition) is 4. The van der Waals surface area contributed by atoms with Gasteiger partial charge >= 0.3 is 6.03 Å². The molecular formula is C17H20N6O2. The van der Waals surface area contributed by atoms with Crippen LogP contribution in [0.3, 0.4) is 0 Å². The molecule has 0 fully saturated rings. The second-order valence-corrected chi connectivity index (χ2v) is 5.48. The number of nitrogens with one attached hydrogen (secondary N) is 3. The molecule has 0 saturated heterocycles. The number of rotatable bonds is 6. The molecule has 0 aliphatic heterocycles. The maximum Gasteiger partial charge on any atom is 0.315 e. The Morgan fingerprint density at radius 2 is 1.84 bits per heavy atom. The van der Waals surface area contributed by atoms with Crippen molar-refractivity contribution in [1.29, 1.82) is 5.26 Å². The third-order valence-corrected chi connectivity index (χ3v) is 3.49. The molecule has 1 aromatic carbocycles. The first kappa shape index (κ1) is 18.0. The van der Waals surface area contributed by atoms with Gasteiger partial charge in [0.25, 0.3) is 5.91 Å². The van der Waals surface area contributed by atoms with E-state index >= 15 is 0 Å². The Kier molecular flexibility index (Phi) is 6.12. The molecule has 1 aromatic heterocycles. The van der Waals surface area contributed by atoms with E-state index < -0.39 is 0 Å². The van der Waals surface area contributed by atoms with Crippen molar-refractivity contribution in [3.63, 3.8) is 0 Å². The van der Waals surface area contributed by atoms with Crippen LogP contribution in [0.4, 0.5) is 4.79 Å². The van der Waals surface area contributed by atoms with Gasteiger partial charge in [0.1, 0.15) is 0 Å². The highest BCUT2D eigenvalue weighted by Gasteiger charge is 2.11. The van der Waals surface area contributed by atoms with E-state index in [4.69, 9.17) is 5.26 Å². The quantitative estimate of drug-likeness (QED) is 0.676. The summed E-state index contributed by atoms with van der Waals surface area (Å²) in [5.41, 5.74) is 2.66. The number of benzene rings is 1. The van der Waals surface area contributed by atoms with Crippen molar-refractivity contribution >= 4 is 11.9 Å². The molecule has 2 aromatic rings. The van der Waals surface area contributed by atoms with Crippen LogP contribution in [0.15, 0.2) is 30.5 Å². The first-order valence-corrected chi connectivity index (χ1v) is 7.79. The summed E-state index contributed by atoms with van der Waals surface area (Å²) in [6.45, 7) is 2.75. The third-order valence-electron chi connectivity index (χ3n) is 3.49. The maximum absolute atomic E-state index is 12.0. The second-order valence-electron chi connectivity index (χ2n) is 5.48. The Morgan fingerprint density at radius 1 is 1.16 bits per heavy atom. The zero-order valence-electron chi connectivity index (χ0n) is 14.2. The summed E-state index contributed by atoms with van der Waals surface area (Å²) in [6.07, 6.45) is 1.66. The van der Waals surface area contributed by atoms with Gasteiger partial charge in [0.2, 0.25) is 0 Å². The maximum atomic E-state index is 12.0. The number of hydrogen-bond donors (Lipinski definition) is 3. The molecule has 0 aliphatic rings. The van der Waals surface area contributed by atoms with E-state index in [1.807, 2.05) is 6.07 Å². The molecule has 0 atom stereocenters. The Morgan fingerprint density at radius 3 is 2.44 bits per heavy atom. The normalized spacial score (nSPS) is 9.96. The molecule has 3 amide bonds. The van der Waals surface area contributed by atoms with E-state index in [1.54, 1.807) is 49.1 Å². The van der Waals surface area contributed by atoms with Gasteiger partial charge in [-0.2, -0.15) is 10.4 Å². The van der Waals surface area contributed by atoms with Crippen LogP contribution >= 0.6 is 0 Å². The average molecular weight is 340 g/mol. The predicted molar refractivity (Wildman–Crippen MR) is 91.7 cm³/mol. The summed E-state index contributed by atoms with van der Waals surface area (Å²) < 4.78 is 1.58. The largest absolute Gasteiger partial charge is 0.350 e. The van der Waals surface area contributed by atoms with E-state index in [9.17, 15) is 9.59 Å². The number of nitrogens with zero attached hydrogens (tertiary/aromatic N) is 3. The van der Waals surface area contributed by atoms with Crippen molar-refractivity contribution in [2.45, 2.75) is 13.5 Å². The minimum absolute atomic E-state index is 0.217. The topological polar surface area (TPSA) is 112 Å². The monoisotopic (exact) mass is 340 g/mol. The lowest BCUT2D eigenvalue weighted by Crippen LogP contribution is -2.40. The molecule has 0 saturated carbocycles. The standard InChI is InChI=1S/C17H20N6O2/c1-12-15(11-23(2)22-12)16(24)19-7-8-20-17(25)21-10-14-5-3-13(9-18)4-6-14/h3-6,11H,7-8,10H2,1-2H3,(H,19,24)(H2,20,21,25). The van der Waals surface area contributed by atoms with E-state index in [0.717, 1.165) is 5.56 Å². The molecule has 3 N–H and O–H groups in total. The number of amides is 3. The van der Waals surface area contributed by atoms with E-state index in [0.29, 0.717) is 36.5 Å². The summed E-state index contributed by atoms with van der Waals surface area (Å²) >= 11 is 0. The van der Waals surface area contributed by atoms with Gasteiger partial charge in [-0.3, -0.25) is 9.48 Å². The highest BCUT2D eigenvalue weighted by Crippen LogP contribution is 2.04. The minimum Gasteiger partial charge on any atom is -0.350 e. The second kappa shape index (κ2) is 8.49. The fourth-order valence-corrected chi connectivity index (χ4v) is 2.21. The number of aryl methyl sites for hydroxylation is 2. The minimum atomic E-state index is -0.323. The number of carbonyl (C=O) groups is 2. The van der Waals surface area contributed by atoms with Crippen molar-refractivity contribution in [3.05, 3.63) is 52.8 Å². The van der Waals surface area contributed by atoms with Crippen molar-refractivity contribution in [3.8, 4) is 6.07 Å². The van der Waals surface area contributed by atoms with Gasteiger partial charge in [-0.1, -0.05) is 12.1 Å². The molecular weight excluding hydrogens is 320 g/mol. The fraction of sp³-hybridized carbons (Fsp3) is 0.294. The zero-order valence-corrected chi connectivity index (χ0v) is 14.2. The fourth-order valence-electron chi connectivity index (χ4n) is 2.21. The van der Waals surface area contributed by atoms with Crippen LogP contribution in [0.2, 0.25) is 0 Å². The molecule has 1 heterocycles. The molecule has 0 unspecified atom stereocenters. The van der Waals surface area contributed by atoms with E-state index in [1.165, 1.54) is 0 Å². The number of carbonyl (C=O) groups excluding carboxylic acids is 2. The molecule has 0 spiro atoms. The Hall–Kier alpha value is -3.34. The van der Waals surface area contributed by atoms with Crippen molar-refractivity contribution in [1.82, 2.24) is 25.7 Å². The van der Waals surface area contributed by atoms with Crippen molar-refractivity contribution < 1.29 is 9.59 Å². The van der Waals surface area contributed by atoms with E-state index in [2.05, 4.69) is 21.0 Å². The highest BCUT2D eigenvalue weighted by atomic mass is 16.2. The van der Waals surface area contributed by atoms with Crippen LogP contribution in [0.25, 0.3) is 0 Å². The first-order valence-electron chi connectivity index (χ1n) is 7.79. The average Bonchev–Trinajstić information content (AvgIpc) is 2.95. The smallest absolute Gasteiger partial charge is 0.315 e. The Balaban J connectivity index is 1.65. The van der Waals surface area contributed by atoms with Crippen LogP contribution in [0.5, 0.6) is 0 Å². The van der Waals surface area contributed by atoms with Crippen molar-refractivity contribution in [2.75, 3.05) is 13.1 Å². The summed E-state index contributed by atoms with van der Waals surface area (Å²) in [5.74, 6) is -0.217. The molecule has 2 rings (SSSR count). The van der Waals surface area contributed by atoms with Gasteiger partial charge in [0.15, 0.2) is 0 Å². The zero-order chi connectivity index (χ0) is 18.2. The van der Waals surface area contributed by atoms with Gasteiger partial charge in [0, 0.05) is 32.9 Å². The molecule has 8 nitrogen and oxygen atoms in total. The van der Waals surface area contributed by atoms with Crippen LogP contribution in [-0.2, 0) is 13.6 Å². The SMILES string of the molecule is Cc1nn(C)cc1C(=O)NCCNC(=O)NCc1ccc(C#N)cc1.